The van der Waals surface area contributed by atoms with E-state index in [9.17, 15) is 9.59 Å². The van der Waals surface area contributed by atoms with Crippen LogP contribution in [0, 0.1) is 0 Å². The lowest BCUT2D eigenvalue weighted by molar-refractivity contribution is -0.131. The number of furan rings is 1. The van der Waals surface area contributed by atoms with Crippen LogP contribution in [0.25, 0.3) is 11.0 Å². The number of alkyl halides is 1. The number of carbonyl (C=O) groups excluding carboxylic acids is 2. The first-order chi connectivity index (χ1) is 8.52. The third kappa shape index (κ3) is 2.31. The second kappa shape index (κ2) is 4.94. The van der Waals surface area contributed by atoms with Crippen molar-refractivity contribution in [1.29, 1.82) is 0 Å². The fourth-order valence-electron chi connectivity index (χ4n) is 1.84. The first-order valence-corrected chi connectivity index (χ1v) is 6.46. The van der Waals surface area contributed by atoms with E-state index in [4.69, 9.17) is 9.15 Å². The first kappa shape index (κ1) is 12.8. The van der Waals surface area contributed by atoms with Gasteiger partial charge in [-0.15, -0.1) is 0 Å². The number of halogens is 1. The SMILES string of the molecule is CC(=O)Oc1ccc2oc(CBr)c(C(C)=O)c2c1. The highest BCUT2D eigenvalue weighted by Crippen LogP contribution is 2.31. The van der Waals surface area contributed by atoms with Gasteiger partial charge in [0.1, 0.15) is 17.1 Å². The number of ketones is 1. The highest BCUT2D eigenvalue weighted by atomic mass is 79.9. The molecule has 0 saturated heterocycles. The number of rotatable bonds is 3. The Kier molecular flexibility index (Phi) is 3.52. The Bertz CT molecular complexity index is 627. The molecule has 1 aromatic carbocycles. The van der Waals surface area contributed by atoms with Crippen LogP contribution in [0.2, 0.25) is 0 Å². The highest BCUT2D eigenvalue weighted by Gasteiger charge is 2.17. The smallest absolute Gasteiger partial charge is 0.308 e. The number of hydrogen-bond donors (Lipinski definition) is 0. The van der Waals surface area contributed by atoms with E-state index in [0.717, 1.165) is 0 Å². The van der Waals surface area contributed by atoms with Gasteiger partial charge in [-0.3, -0.25) is 9.59 Å². The molecule has 1 heterocycles. The van der Waals surface area contributed by atoms with E-state index in [0.29, 0.717) is 33.4 Å². The lowest BCUT2D eigenvalue weighted by Crippen LogP contribution is -2.01. The molecule has 0 N–H and O–H groups in total. The molecule has 5 heteroatoms. The summed E-state index contributed by atoms with van der Waals surface area (Å²) in [6, 6.07) is 4.96. The largest absolute Gasteiger partial charge is 0.459 e. The number of Topliss-reactive ketones (excluding diaryl/α,β-unsaturated/α-hetero) is 1. The quantitative estimate of drug-likeness (QED) is 0.377. The number of carbonyl (C=O) groups is 2. The van der Waals surface area contributed by atoms with Crippen molar-refractivity contribution < 1.29 is 18.7 Å². The van der Waals surface area contributed by atoms with Gasteiger partial charge in [-0.2, -0.15) is 0 Å². The molecule has 0 fully saturated rings. The third-order valence-electron chi connectivity index (χ3n) is 2.47. The number of benzene rings is 1. The second-order valence-corrected chi connectivity index (χ2v) is 4.40. The molecular formula is C13H11BrO4. The van der Waals surface area contributed by atoms with Crippen molar-refractivity contribution in [2.45, 2.75) is 19.2 Å². The maximum atomic E-state index is 11.6. The van der Waals surface area contributed by atoms with Gasteiger partial charge < -0.3 is 9.15 Å². The summed E-state index contributed by atoms with van der Waals surface area (Å²) in [6.45, 7) is 2.81. The molecule has 18 heavy (non-hydrogen) atoms. The van der Waals surface area contributed by atoms with Gasteiger partial charge in [0.2, 0.25) is 0 Å². The zero-order chi connectivity index (χ0) is 13.3. The molecule has 0 amide bonds. The Morgan fingerprint density at radius 3 is 2.61 bits per heavy atom. The summed E-state index contributed by atoms with van der Waals surface area (Å²) in [5.74, 6) is 0.503. The highest BCUT2D eigenvalue weighted by molar-refractivity contribution is 9.08. The Balaban J connectivity index is 2.63. The van der Waals surface area contributed by atoms with E-state index in [-0.39, 0.29) is 5.78 Å². The summed E-state index contributed by atoms with van der Waals surface area (Å²) >= 11 is 3.28. The van der Waals surface area contributed by atoms with E-state index in [1.54, 1.807) is 18.2 Å². The average Bonchev–Trinajstić information content (AvgIpc) is 2.65. The lowest BCUT2D eigenvalue weighted by Gasteiger charge is -2.00. The van der Waals surface area contributed by atoms with Crippen LogP contribution in [0.3, 0.4) is 0 Å². The van der Waals surface area contributed by atoms with Crippen LogP contribution < -0.4 is 4.74 Å². The number of ether oxygens (including phenoxy) is 1. The molecule has 2 rings (SSSR count). The summed E-state index contributed by atoms with van der Waals surface area (Å²) in [5, 5.41) is 1.12. The molecule has 94 valence electrons. The molecular weight excluding hydrogens is 300 g/mol. The molecule has 0 spiro atoms. The summed E-state index contributed by atoms with van der Waals surface area (Å²) in [5.41, 5.74) is 1.13. The molecule has 0 radical (unpaired) electrons. The summed E-state index contributed by atoms with van der Waals surface area (Å²) in [4.78, 5) is 22.6. The maximum absolute atomic E-state index is 11.6. The Labute approximate surface area is 112 Å². The number of fused-ring (bicyclic) bond motifs is 1. The fourth-order valence-corrected chi connectivity index (χ4v) is 2.23. The molecule has 1 aromatic heterocycles. The predicted octanol–water partition coefficient (Wildman–Crippen LogP) is 3.46. The first-order valence-electron chi connectivity index (χ1n) is 5.33. The molecule has 0 bridgehead atoms. The summed E-state index contributed by atoms with van der Waals surface area (Å²) in [7, 11) is 0. The van der Waals surface area contributed by atoms with Crippen molar-refractivity contribution in [2.24, 2.45) is 0 Å². The molecule has 0 aliphatic heterocycles. The molecule has 0 atom stereocenters. The van der Waals surface area contributed by atoms with Crippen molar-refractivity contribution in [2.75, 3.05) is 0 Å². The minimum Gasteiger partial charge on any atom is -0.459 e. The monoisotopic (exact) mass is 310 g/mol. The van der Waals surface area contributed by atoms with Gasteiger partial charge in [0.15, 0.2) is 5.78 Å². The van der Waals surface area contributed by atoms with Crippen LogP contribution in [0.4, 0.5) is 0 Å². The topological polar surface area (TPSA) is 56.5 Å². The molecule has 0 aliphatic carbocycles. The Morgan fingerprint density at radius 1 is 1.33 bits per heavy atom. The zero-order valence-corrected chi connectivity index (χ0v) is 11.5. The second-order valence-electron chi connectivity index (χ2n) is 3.84. The lowest BCUT2D eigenvalue weighted by atomic mass is 10.1. The Hall–Kier alpha value is -1.62. The van der Waals surface area contributed by atoms with E-state index >= 15 is 0 Å². The minimum atomic E-state index is -0.400. The average molecular weight is 311 g/mol. The van der Waals surface area contributed by atoms with Gasteiger partial charge in [-0.1, -0.05) is 15.9 Å². The van der Waals surface area contributed by atoms with Gasteiger partial charge in [-0.25, -0.2) is 0 Å². The molecule has 2 aromatic rings. The van der Waals surface area contributed by atoms with Gasteiger partial charge >= 0.3 is 5.97 Å². The summed E-state index contributed by atoms with van der Waals surface area (Å²) < 4.78 is 10.6. The van der Waals surface area contributed by atoms with Crippen LogP contribution in [-0.2, 0) is 10.1 Å². The van der Waals surface area contributed by atoms with Crippen LogP contribution in [-0.4, -0.2) is 11.8 Å². The van der Waals surface area contributed by atoms with Crippen molar-refractivity contribution in [3.05, 3.63) is 29.5 Å². The molecule has 0 saturated carbocycles. The fraction of sp³-hybridized carbons (Fsp3) is 0.231. The van der Waals surface area contributed by atoms with Gasteiger partial charge in [-0.05, 0) is 25.1 Å². The van der Waals surface area contributed by atoms with Crippen molar-refractivity contribution >= 4 is 38.7 Å². The molecule has 0 aliphatic rings. The van der Waals surface area contributed by atoms with Crippen molar-refractivity contribution in [3.8, 4) is 5.75 Å². The Morgan fingerprint density at radius 2 is 2.06 bits per heavy atom. The van der Waals surface area contributed by atoms with E-state index in [1.807, 2.05) is 0 Å². The van der Waals surface area contributed by atoms with Crippen LogP contribution >= 0.6 is 15.9 Å². The van der Waals surface area contributed by atoms with Crippen molar-refractivity contribution in [1.82, 2.24) is 0 Å². The summed E-state index contributed by atoms with van der Waals surface area (Å²) in [6.07, 6.45) is 0. The van der Waals surface area contributed by atoms with E-state index < -0.39 is 5.97 Å². The number of esters is 1. The van der Waals surface area contributed by atoms with E-state index in [1.165, 1.54) is 13.8 Å². The van der Waals surface area contributed by atoms with Crippen LogP contribution in [0.1, 0.15) is 30.0 Å². The van der Waals surface area contributed by atoms with Gasteiger partial charge in [0.25, 0.3) is 0 Å². The normalized spacial score (nSPS) is 10.6. The standard InChI is InChI=1S/C13H11BrO4/c1-7(15)13-10-5-9(17-8(2)16)3-4-11(10)18-12(13)6-14/h3-5H,6H2,1-2H3. The number of hydrogen-bond acceptors (Lipinski definition) is 4. The third-order valence-corrected chi connectivity index (χ3v) is 2.98. The van der Waals surface area contributed by atoms with Gasteiger partial charge in [0.05, 0.1) is 10.9 Å². The zero-order valence-electron chi connectivity index (χ0n) is 9.95. The van der Waals surface area contributed by atoms with E-state index in [2.05, 4.69) is 15.9 Å². The van der Waals surface area contributed by atoms with Crippen LogP contribution in [0.5, 0.6) is 5.75 Å². The molecule has 0 unspecified atom stereocenters. The minimum absolute atomic E-state index is 0.0804. The van der Waals surface area contributed by atoms with Gasteiger partial charge in [0, 0.05) is 12.3 Å². The molecule has 4 nitrogen and oxygen atoms in total. The van der Waals surface area contributed by atoms with Crippen LogP contribution in [0.15, 0.2) is 22.6 Å². The van der Waals surface area contributed by atoms with Crippen molar-refractivity contribution in [3.63, 3.8) is 0 Å². The maximum Gasteiger partial charge on any atom is 0.308 e. The predicted molar refractivity (Wildman–Crippen MR) is 70.2 cm³/mol.